The van der Waals surface area contributed by atoms with Gasteiger partial charge in [0.05, 0.1) is 23.4 Å². The molecule has 0 saturated heterocycles. The number of H-pyrrole nitrogens is 1. The number of halogens is 2. The van der Waals surface area contributed by atoms with E-state index in [1.807, 2.05) is 0 Å². The van der Waals surface area contributed by atoms with Crippen LogP contribution < -0.4 is 0 Å². The monoisotopic (exact) mass is 407 g/mol. The molecule has 148 valence electrons. The molecular formula is C20H19ClFNO5. The lowest BCUT2D eigenvalue weighted by atomic mass is 10.1. The van der Waals surface area contributed by atoms with Crippen molar-refractivity contribution in [1.82, 2.24) is 4.98 Å². The highest BCUT2D eigenvalue weighted by atomic mass is 35.5. The molecule has 0 bridgehead atoms. The normalized spacial score (nSPS) is 12.1. The van der Waals surface area contributed by atoms with Crippen LogP contribution in [-0.4, -0.2) is 35.9 Å². The quantitative estimate of drug-likeness (QED) is 0.443. The minimum atomic E-state index is -1.13. The van der Waals surface area contributed by atoms with Crippen molar-refractivity contribution >= 4 is 35.4 Å². The van der Waals surface area contributed by atoms with Gasteiger partial charge >= 0.3 is 11.9 Å². The fraction of sp³-hybridized carbons (Fsp3) is 0.250. The van der Waals surface area contributed by atoms with Gasteiger partial charge in [0.25, 0.3) is 0 Å². The maximum absolute atomic E-state index is 13.7. The summed E-state index contributed by atoms with van der Waals surface area (Å²) in [6.07, 6.45) is 1.03. The smallest absolute Gasteiger partial charge is 0.339 e. The first-order chi connectivity index (χ1) is 13.2. The molecule has 2 rings (SSSR count). The van der Waals surface area contributed by atoms with E-state index in [4.69, 9.17) is 21.1 Å². The van der Waals surface area contributed by atoms with Crippen molar-refractivity contribution in [3.05, 3.63) is 63.2 Å². The average Bonchev–Trinajstić information content (AvgIpc) is 2.94. The minimum absolute atomic E-state index is 0.0404. The Labute approximate surface area is 166 Å². The minimum Gasteiger partial charge on any atom is -0.465 e. The number of benzene rings is 1. The fourth-order valence-corrected chi connectivity index (χ4v) is 2.92. The number of ketones is 1. The molecule has 0 saturated carbocycles. The number of carbonyl (C=O) groups excluding carboxylic acids is 3. The van der Waals surface area contributed by atoms with Gasteiger partial charge < -0.3 is 14.5 Å². The van der Waals surface area contributed by atoms with E-state index in [0.717, 1.165) is 6.08 Å². The summed E-state index contributed by atoms with van der Waals surface area (Å²) in [4.78, 5) is 39.2. The Morgan fingerprint density at radius 1 is 1.25 bits per heavy atom. The SMILES string of the molecule is COC(=O)c1c(C)[nH]c(C(=O)[C@H](C)OC(=O)/C=C/c2c(F)cccc2Cl)c1C. The molecule has 6 nitrogen and oxygen atoms in total. The zero-order chi connectivity index (χ0) is 21.0. The van der Waals surface area contributed by atoms with Crippen LogP contribution in [0.1, 0.15) is 44.6 Å². The molecule has 28 heavy (non-hydrogen) atoms. The van der Waals surface area contributed by atoms with E-state index >= 15 is 0 Å². The highest BCUT2D eigenvalue weighted by molar-refractivity contribution is 6.32. The molecule has 1 atom stereocenters. The van der Waals surface area contributed by atoms with E-state index in [1.54, 1.807) is 13.8 Å². The zero-order valence-corrected chi connectivity index (χ0v) is 16.5. The number of rotatable bonds is 6. The Kier molecular flexibility index (Phi) is 6.75. The maximum Gasteiger partial charge on any atom is 0.339 e. The van der Waals surface area contributed by atoms with Crippen LogP contribution in [0.25, 0.3) is 6.08 Å². The molecule has 1 aromatic carbocycles. The summed E-state index contributed by atoms with van der Waals surface area (Å²) in [5.74, 6) is -2.51. The lowest BCUT2D eigenvalue weighted by Gasteiger charge is -2.10. The number of nitrogens with one attached hydrogen (secondary N) is 1. The van der Waals surface area contributed by atoms with Crippen LogP contribution in [0, 0.1) is 19.7 Å². The third kappa shape index (κ3) is 4.48. The van der Waals surface area contributed by atoms with Crippen LogP contribution in [0.5, 0.6) is 0 Å². The molecule has 0 fully saturated rings. The predicted molar refractivity (Wildman–Crippen MR) is 102 cm³/mol. The van der Waals surface area contributed by atoms with Crippen molar-refractivity contribution in [3.63, 3.8) is 0 Å². The van der Waals surface area contributed by atoms with Crippen LogP contribution in [-0.2, 0) is 14.3 Å². The van der Waals surface area contributed by atoms with E-state index in [9.17, 15) is 18.8 Å². The molecule has 0 aliphatic rings. The van der Waals surface area contributed by atoms with Gasteiger partial charge in [-0.1, -0.05) is 17.7 Å². The van der Waals surface area contributed by atoms with E-state index in [0.29, 0.717) is 11.3 Å². The number of ether oxygens (including phenoxy) is 2. The van der Waals surface area contributed by atoms with Crippen LogP contribution in [0.2, 0.25) is 5.02 Å². The Morgan fingerprint density at radius 2 is 1.93 bits per heavy atom. The third-order valence-electron chi connectivity index (χ3n) is 4.12. The number of hydrogen-bond donors (Lipinski definition) is 1. The van der Waals surface area contributed by atoms with Gasteiger partial charge in [-0.3, -0.25) is 4.79 Å². The third-order valence-corrected chi connectivity index (χ3v) is 4.45. The number of esters is 2. The second-order valence-corrected chi connectivity index (χ2v) is 6.44. The fourth-order valence-electron chi connectivity index (χ4n) is 2.70. The van der Waals surface area contributed by atoms with Gasteiger partial charge in [-0.15, -0.1) is 0 Å². The summed E-state index contributed by atoms with van der Waals surface area (Å²) < 4.78 is 23.5. The Bertz CT molecular complexity index is 943. The van der Waals surface area contributed by atoms with Crippen molar-refractivity contribution in [2.75, 3.05) is 7.11 Å². The number of aryl methyl sites for hydroxylation is 1. The van der Waals surface area contributed by atoms with Crippen LogP contribution in [0.3, 0.4) is 0 Å². The first-order valence-corrected chi connectivity index (χ1v) is 8.69. The molecule has 0 aliphatic carbocycles. The maximum atomic E-state index is 13.7. The summed E-state index contributed by atoms with van der Waals surface area (Å²) in [6, 6.07) is 4.13. The zero-order valence-electron chi connectivity index (χ0n) is 15.8. The lowest BCUT2D eigenvalue weighted by molar-refractivity contribution is -0.140. The lowest BCUT2D eigenvalue weighted by Crippen LogP contribution is -2.24. The highest BCUT2D eigenvalue weighted by Gasteiger charge is 2.27. The summed E-state index contributed by atoms with van der Waals surface area (Å²) >= 11 is 5.88. The Morgan fingerprint density at radius 3 is 2.54 bits per heavy atom. The molecule has 2 aromatic rings. The number of methoxy groups -OCH3 is 1. The van der Waals surface area contributed by atoms with Crippen molar-refractivity contribution in [2.45, 2.75) is 26.9 Å². The number of aromatic amines is 1. The predicted octanol–water partition coefficient (Wildman–Crippen LogP) is 4.04. The van der Waals surface area contributed by atoms with Gasteiger partial charge in [0.1, 0.15) is 5.82 Å². The van der Waals surface area contributed by atoms with Crippen molar-refractivity contribution in [3.8, 4) is 0 Å². The van der Waals surface area contributed by atoms with E-state index in [-0.39, 0.29) is 21.8 Å². The van der Waals surface area contributed by atoms with Gasteiger partial charge in [-0.2, -0.15) is 0 Å². The molecule has 0 spiro atoms. The van der Waals surface area contributed by atoms with E-state index < -0.39 is 29.6 Å². The summed E-state index contributed by atoms with van der Waals surface area (Å²) in [5, 5.41) is 0.140. The Balaban J connectivity index is 2.13. The van der Waals surface area contributed by atoms with Crippen molar-refractivity contribution in [1.29, 1.82) is 0 Å². The molecule has 0 radical (unpaired) electrons. The summed E-state index contributed by atoms with van der Waals surface area (Å²) in [7, 11) is 1.24. The molecule has 8 heteroatoms. The molecule has 0 aliphatic heterocycles. The van der Waals surface area contributed by atoms with Gasteiger partial charge in [-0.05, 0) is 44.5 Å². The van der Waals surface area contributed by atoms with Crippen molar-refractivity contribution in [2.24, 2.45) is 0 Å². The van der Waals surface area contributed by atoms with Crippen LogP contribution in [0.15, 0.2) is 24.3 Å². The van der Waals surface area contributed by atoms with Gasteiger partial charge in [-0.25, -0.2) is 14.0 Å². The van der Waals surface area contributed by atoms with E-state index in [1.165, 1.54) is 38.3 Å². The molecule has 1 N–H and O–H groups in total. The Hall–Kier alpha value is -2.93. The second kappa shape index (κ2) is 8.84. The molecular weight excluding hydrogens is 389 g/mol. The summed E-state index contributed by atoms with van der Waals surface area (Å²) in [5.41, 5.74) is 1.34. The first-order valence-electron chi connectivity index (χ1n) is 8.31. The first kappa shape index (κ1) is 21.4. The molecule has 1 aromatic heterocycles. The second-order valence-electron chi connectivity index (χ2n) is 6.03. The average molecular weight is 408 g/mol. The topological polar surface area (TPSA) is 85.5 Å². The number of Topliss-reactive ketones (excluding diaryl/α,β-unsaturated/α-hetero) is 1. The number of hydrogen-bond acceptors (Lipinski definition) is 5. The van der Waals surface area contributed by atoms with Crippen LogP contribution in [0.4, 0.5) is 4.39 Å². The van der Waals surface area contributed by atoms with Gasteiger partial charge in [0.2, 0.25) is 5.78 Å². The molecule has 1 heterocycles. The summed E-state index contributed by atoms with van der Waals surface area (Å²) in [6.45, 7) is 4.63. The number of aromatic nitrogens is 1. The molecule has 0 amide bonds. The van der Waals surface area contributed by atoms with Gasteiger partial charge in [0, 0.05) is 17.3 Å². The molecule has 0 unspecified atom stereocenters. The standard InChI is InChI=1S/C20H19ClFNO5/c1-10-17(20(26)27-4)11(2)23-18(10)19(25)12(3)28-16(24)9-8-13-14(21)6-5-7-15(13)22/h5-9,12,23H,1-4H3/b9-8+/t12-/m0/s1. The largest absolute Gasteiger partial charge is 0.465 e. The van der Waals surface area contributed by atoms with Crippen LogP contribution >= 0.6 is 11.6 Å². The number of carbonyl (C=O) groups is 3. The van der Waals surface area contributed by atoms with Gasteiger partial charge in [0.15, 0.2) is 6.10 Å². The van der Waals surface area contributed by atoms with Crippen molar-refractivity contribution < 1.29 is 28.2 Å². The highest BCUT2D eigenvalue weighted by Crippen LogP contribution is 2.22. The van der Waals surface area contributed by atoms with E-state index in [2.05, 4.69) is 4.98 Å².